The molecule has 0 unspecified atom stereocenters. The molecule has 2 saturated heterocycles. The highest BCUT2D eigenvalue weighted by Crippen LogP contribution is 2.35. The van der Waals surface area contributed by atoms with Gasteiger partial charge in [0.1, 0.15) is 0 Å². The summed E-state index contributed by atoms with van der Waals surface area (Å²) in [5.41, 5.74) is -1.45. The van der Waals surface area contributed by atoms with Gasteiger partial charge in [0, 0.05) is 37.1 Å². The Morgan fingerprint density at radius 3 is 2.16 bits per heavy atom. The van der Waals surface area contributed by atoms with E-state index < -0.39 is 23.3 Å². The maximum atomic E-state index is 13.9. The smallest absolute Gasteiger partial charge is 0.342 e. The molecule has 0 N–H and O–H groups in total. The first-order valence-electron chi connectivity index (χ1n) is 10.2. The summed E-state index contributed by atoms with van der Waals surface area (Å²) in [4.78, 5) is 28.8. The highest BCUT2D eigenvalue weighted by atomic mass is 35.5. The van der Waals surface area contributed by atoms with Crippen molar-refractivity contribution in [1.29, 1.82) is 0 Å². The quantitative estimate of drug-likeness (QED) is 0.704. The van der Waals surface area contributed by atoms with Gasteiger partial charge >= 0.3 is 6.18 Å². The lowest BCUT2D eigenvalue weighted by atomic mass is 9.95. The molecule has 4 rings (SSSR count). The predicted octanol–water partition coefficient (Wildman–Crippen LogP) is 4.02. The summed E-state index contributed by atoms with van der Waals surface area (Å²) in [7, 11) is 0. The van der Waals surface area contributed by atoms with Crippen molar-refractivity contribution >= 4 is 23.4 Å². The molecule has 10 heteroatoms. The average molecular weight is 455 g/mol. The molecule has 0 radical (unpaired) electrons. The second kappa shape index (κ2) is 8.53. The SMILES string of the molecule is O=C(c1cnn(-c2ccc(Cl)cc2)c1C(F)(F)F)N1CCC(C(=O)N2CCCC2)CC1. The number of hydrogen-bond acceptors (Lipinski definition) is 3. The Labute approximate surface area is 182 Å². The van der Waals surface area contributed by atoms with Crippen LogP contribution >= 0.6 is 11.6 Å². The highest BCUT2D eigenvalue weighted by molar-refractivity contribution is 6.30. The second-order valence-corrected chi connectivity index (χ2v) is 8.33. The predicted molar refractivity (Wildman–Crippen MR) is 108 cm³/mol. The van der Waals surface area contributed by atoms with E-state index in [0.29, 0.717) is 22.5 Å². The van der Waals surface area contributed by atoms with E-state index in [1.807, 2.05) is 4.90 Å². The largest absolute Gasteiger partial charge is 0.434 e. The van der Waals surface area contributed by atoms with E-state index in [4.69, 9.17) is 11.6 Å². The van der Waals surface area contributed by atoms with E-state index in [0.717, 1.165) is 32.1 Å². The van der Waals surface area contributed by atoms with Crippen LogP contribution in [0.4, 0.5) is 13.2 Å². The minimum absolute atomic E-state index is 0.0936. The molecule has 1 aromatic carbocycles. The molecule has 6 nitrogen and oxygen atoms in total. The Morgan fingerprint density at radius 2 is 1.58 bits per heavy atom. The molecule has 0 spiro atoms. The monoisotopic (exact) mass is 454 g/mol. The van der Waals surface area contributed by atoms with Crippen molar-refractivity contribution in [3.8, 4) is 5.69 Å². The Morgan fingerprint density at radius 1 is 0.968 bits per heavy atom. The number of rotatable bonds is 3. The molecule has 3 heterocycles. The Balaban J connectivity index is 1.52. The number of carbonyl (C=O) groups is 2. The number of hydrogen-bond donors (Lipinski definition) is 0. The van der Waals surface area contributed by atoms with Crippen molar-refractivity contribution in [2.75, 3.05) is 26.2 Å². The third kappa shape index (κ3) is 4.42. The van der Waals surface area contributed by atoms with Crippen LogP contribution in [0.15, 0.2) is 30.5 Å². The van der Waals surface area contributed by atoms with E-state index in [-0.39, 0.29) is 30.6 Å². The summed E-state index contributed by atoms with van der Waals surface area (Å²) >= 11 is 5.82. The molecule has 1 aromatic heterocycles. The fraction of sp³-hybridized carbons (Fsp3) is 0.476. The number of benzene rings is 1. The van der Waals surface area contributed by atoms with Crippen LogP contribution < -0.4 is 0 Å². The second-order valence-electron chi connectivity index (χ2n) is 7.89. The van der Waals surface area contributed by atoms with Crippen LogP contribution in [0.1, 0.15) is 41.7 Å². The fourth-order valence-electron chi connectivity index (χ4n) is 4.25. The van der Waals surface area contributed by atoms with Gasteiger partial charge in [-0.25, -0.2) is 4.68 Å². The minimum Gasteiger partial charge on any atom is -0.342 e. The van der Waals surface area contributed by atoms with E-state index in [9.17, 15) is 22.8 Å². The Kier molecular flexibility index (Phi) is 5.96. The van der Waals surface area contributed by atoms with E-state index in [1.165, 1.54) is 29.2 Å². The Bertz CT molecular complexity index is 960. The van der Waals surface area contributed by atoms with Gasteiger partial charge in [-0.2, -0.15) is 18.3 Å². The first-order valence-corrected chi connectivity index (χ1v) is 10.6. The van der Waals surface area contributed by atoms with Crippen LogP contribution in [-0.4, -0.2) is 57.6 Å². The van der Waals surface area contributed by atoms with Gasteiger partial charge in [0.25, 0.3) is 5.91 Å². The van der Waals surface area contributed by atoms with Crippen molar-refractivity contribution in [2.24, 2.45) is 5.92 Å². The molecule has 2 aliphatic heterocycles. The third-order valence-corrected chi connectivity index (χ3v) is 6.14. The third-order valence-electron chi connectivity index (χ3n) is 5.89. The van der Waals surface area contributed by atoms with Gasteiger partial charge < -0.3 is 9.80 Å². The molecular weight excluding hydrogens is 433 g/mol. The normalized spacial score (nSPS) is 17.9. The van der Waals surface area contributed by atoms with Gasteiger partial charge in [-0.1, -0.05) is 11.6 Å². The zero-order chi connectivity index (χ0) is 22.2. The number of nitrogens with zero attached hydrogens (tertiary/aromatic N) is 4. The average Bonchev–Trinajstić information content (AvgIpc) is 3.43. The number of likely N-dealkylation sites (tertiary alicyclic amines) is 2. The summed E-state index contributed by atoms with van der Waals surface area (Å²) in [6, 6.07) is 5.74. The van der Waals surface area contributed by atoms with Gasteiger partial charge in [0.05, 0.1) is 17.4 Å². The van der Waals surface area contributed by atoms with Crippen molar-refractivity contribution in [1.82, 2.24) is 19.6 Å². The van der Waals surface area contributed by atoms with Crippen LogP contribution in [0.3, 0.4) is 0 Å². The molecule has 0 bridgehead atoms. The number of halogens is 4. The van der Waals surface area contributed by atoms with Crippen LogP contribution in [0, 0.1) is 5.92 Å². The van der Waals surface area contributed by atoms with Crippen molar-refractivity contribution in [3.63, 3.8) is 0 Å². The first kappa shape index (κ1) is 21.7. The maximum Gasteiger partial charge on any atom is 0.434 e. The van der Waals surface area contributed by atoms with E-state index in [1.54, 1.807) is 0 Å². The van der Waals surface area contributed by atoms with E-state index in [2.05, 4.69) is 5.10 Å². The van der Waals surface area contributed by atoms with Crippen molar-refractivity contribution < 1.29 is 22.8 Å². The number of piperidine rings is 1. The highest BCUT2D eigenvalue weighted by Gasteiger charge is 2.42. The maximum absolute atomic E-state index is 13.9. The number of amides is 2. The zero-order valence-corrected chi connectivity index (χ0v) is 17.5. The van der Waals surface area contributed by atoms with Crippen LogP contribution in [0.5, 0.6) is 0 Å². The lowest BCUT2D eigenvalue weighted by molar-refractivity contribution is -0.143. The van der Waals surface area contributed by atoms with Gasteiger partial charge in [-0.15, -0.1) is 0 Å². The van der Waals surface area contributed by atoms with Crippen LogP contribution in [0.2, 0.25) is 5.02 Å². The number of aromatic nitrogens is 2. The molecule has 0 aliphatic carbocycles. The first-order chi connectivity index (χ1) is 14.8. The van der Waals surface area contributed by atoms with Gasteiger partial charge in [0.2, 0.25) is 5.91 Å². The van der Waals surface area contributed by atoms with Crippen LogP contribution in [-0.2, 0) is 11.0 Å². The van der Waals surface area contributed by atoms with Gasteiger partial charge in [0.15, 0.2) is 5.69 Å². The van der Waals surface area contributed by atoms with Crippen molar-refractivity contribution in [2.45, 2.75) is 31.9 Å². The zero-order valence-electron chi connectivity index (χ0n) is 16.7. The fourth-order valence-corrected chi connectivity index (χ4v) is 4.38. The Hall–Kier alpha value is -2.55. The number of alkyl halides is 3. The summed E-state index contributed by atoms with van der Waals surface area (Å²) in [6.45, 7) is 2.01. The molecule has 0 saturated carbocycles. The van der Waals surface area contributed by atoms with Crippen LogP contribution in [0.25, 0.3) is 5.69 Å². The van der Waals surface area contributed by atoms with Crippen molar-refractivity contribution in [3.05, 3.63) is 46.7 Å². The van der Waals surface area contributed by atoms with Gasteiger partial charge in [-0.05, 0) is 49.9 Å². The molecule has 31 heavy (non-hydrogen) atoms. The molecule has 0 atom stereocenters. The summed E-state index contributed by atoms with van der Waals surface area (Å²) in [5, 5.41) is 4.22. The lowest BCUT2D eigenvalue weighted by Gasteiger charge is -2.33. The summed E-state index contributed by atoms with van der Waals surface area (Å²) < 4.78 is 42.3. The lowest BCUT2D eigenvalue weighted by Crippen LogP contribution is -2.44. The van der Waals surface area contributed by atoms with Gasteiger partial charge in [-0.3, -0.25) is 9.59 Å². The summed E-state index contributed by atoms with van der Waals surface area (Å²) in [5.74, 6) is -0.809. The summed E-state index contributed by atoms with van der Waals surface area (Å²) in [6.07, 6.45) is -0.907. The van der Waals surface area contributed by atoms with E-state index >= 15 is 0 Å². The standard InChI is InChI=1S/C21H22ClF3N4O2/c22-15-3-5-16(6-4-15)29-18(21(23,24)25)17(13-26-29)20(31)28-11-7-14(8-12-28)19(30)27-9-1-2-10-27/h3-6,13-14H,1-2,7-12H2. The number of carbonyl (C=O) groups excluding carboxylic acids is 2. The minimum atomic E-state index is -4.77. The molecule has 2 amide bonds. The molecule has 166 valence electrons. The molecule has 2 aliphatic rings. The molecule has 2 aromatic rings. The molecule has 2 fully saturated rings. The molecular formula is C21H22ClF3N4O2. The topological polar surface area (TPSA) is 58.4 Å².